The maximum atomic E-state index is 10.7. The van der Waals surface area contributed by atoms with Crippen molar-refractivity contribution >= 4 is 21.6 Å². The Labute approximate surface area is 102 Å². The largest absolute Gasteiger partial charge is 0.492 e. The quantitative estimate of drug-likeness (QED) is 0.629. The lowest BCUT2D eigenvalue weighted by Crippen LogP contribution is -2.01. The van der Waals surface area contributed by atoms with E-state index in [-0.39, 0.29) is 10.6 Å². The summed E-state index contributed by atoms with van der Waals surface area (Å²) in [5, 5.41) is 10.7. The summed E-state index contributed by atoms with van der Waals surface area (Å²) in [5.74, 6) is 1.36. The molecule has 0 N–H and O–H groups in total. The summed E-state index contributed by atoms with van der Waals surface area (Å²) < 4.78 is 6.25. The maximum Gasteiger partial charge on any atom is 0.273 e. The highest BCUT2D eigenvalue weighted by Crippen LogP contribution is 2.35. The molecule has 0 radical (unpaired) electrons. The van der Waals surface area contributed by atoms with Gasteiger partial charge >= 0.3 is 0 Å². The molecule has 0 amide bonds. The van der Waals surface area contributed by atoms with E-state index in [9.17, 15) is 10.1 Å². The van der Waals surface area contributed by atoms with Crippen molar-refractivity contribution in [2.45, 2.75) is 19.8 Å². The number of hydrogen-bond acceptors (Lipinski definition) is 3. The first-order chi connectivity index (χ1) is 7.58. The van der Waals surface area contributed by atoms with Crippen molar-refractivity contribution in [1.29, 1.82) is 0 Å². The molecule has 1 aromatic rings. The third-order valence-corrected chi connectivity index (χ3v) is 3.24. The topological polar surface area (TPSA) is 52.4 Å². The Kier molecular flexibility index (Phi) is 3.14. The number of benzene rings is 1. The van der Waals surface area contributed by atoms with Crippen LogP contribution >= 0.6 is 15.9 Å². The summed E-state index contributed by atoms with van der Waals surface area (Å²) in [4.78, 5) is 10.3. The fraction of sp³-hybridized carbons (Fsp3) is 0.455. The summed E-state index contributed by atoms with van der Waals surface area (Å²) in [6.07, 6.45) is 2.45. The van der Waals surface area contributed by atoms with Crippen molar-refractivity contribution in [2.75, 3.05) is 6.61 Å². The Bertz CT molecular complexity index is 429. The molecule has 0 aromatic heterocycles. The zero-order chi connectivity index (χ0) is 11.7. The van der Waals surface area contributed by atoms with Gasteiger partial charge in [-0.25, -0.2) is 0 Å². The number of nitro benzene ring substituents is 1. The summed E-state index contributed by atoms with van der Waals surface area (Å²) in [6, 6.07) is 3.21. The number of ether oxygens (including phenoxy) is 1. The van der Waals surface area contributed by atoms with Crippen LogP contribution < -0.4 is 4.74 Å². The molecular weight excluding hydrogens is 274 g/mol. The van der Waals surface area contributed by atoms with E-state index in [4.69, 9.17) is 4.74 Å². The Balaban J connectivity index is 2.18. The minimum absolute atomic E-state index is 0.116. The molecule has 1 saturated carbocycles. The lowest BCUT2D eigenvalue weighted by Gasteiger charge is -2.08. The van der Waals surface area contributed by atoms with Crippen molar-refractivity contribution < 1.29 is 9.66 Å². The first-order valence-corrected chi connectivity index (χ1v) is 5.94. The minimum atomic E-state index is -0.384. The molecule has 0 atom stereocenters. The number of halogens is 1. The lowest BCUT2D eigenvalue weighted by molar-refractivity contribution is -0.385. The average molecular weight is 286 g/mol. The van der Waals surface area contributed by atoms with E-state index < -0.39 is 0 Å². The lowest BCUT2D eigenvalue weighted by atomic mass is 10.2. The molecule has 1 aromatic carbocycles. The van der Waals surface area contributed by atoms with Crippen molar-refractivity contribution in [3.63, 3.8) is 0 Å². The second-order valence-electron chi connectivity index (χ2n) is 4.08. The van der Waals surface area contributed by atoms with Crippen LogP contribution in [0.15, 0.2) is 16.6 Å². The van der Waals surface area contributed by atoms with E-state index in [0.717, 1.165) is 0 Å². The van der Waals surface area contributed by atoms with Gasteiger partial charge in [0.25, 0.3) is 5.69 Å². The minimum Gasteiger partial charge on any atom is -0.492 e. The molecule has 1 aliphatic carbocycles. The molecule has 4 nitrogen and oxygen atoms in total. The maximum absolute atomic E-state index is 10.7. The van der Waals surface area contributed by atoms with Gasteiger partial charge in [0.2, 0.25) is 0 Å². The van der Waals surface area contributed by atoms with E-state index in [1.165, 1.54) is 18.9 Å². The molecule has 16 heavy (non-hydrogen) atoms. The fourth-order valence-corrected chi connectivity index (χ4v) is 1.89. The van der Waals surface area contributed by atoms with Crippen molar-refractivity contribution in [3.8, 4) is 5.75 Å². The molecule has 0 bridgehead atoms. The molecule has 86 valence electrons. The van der Waals surface area contributed by atoms with E-state index in [1.54, 1.807) is 13.0 Å². The van der Waals surface area contributed by atoms with E-state index >= 15 is 0 Å². The van der Waals surface area contributed by atoms with Gasteiger partial charge in [-0.05, 0) is 47.7 Å². The van der Waals surface area contributed by atoms with Crippen LogP contribution in [0, 0.1) is 23.0 Å². The molecular formula is C11H12BrNO3. The molecule has 1 fully saturated rings. The summed E-state index contributed by atoms with van der Waals surface area (Å²) >= 11 is 3.29. The zero-order valence-corrected chi connectivity index (χ0v) is 10.5. The normalized spacial score (nSPS) is 14.9. The van der Waals surface area contributed by atoms with Crippen LogP contribution in [-0.2, 0) is 0 Å². The Morgan fingerprint density at radius 1 is 1.56 bits per heavy atom. The number of rotatable bonds is 4. The van der Waals surface area contributed by atoms with Gasteiger partial charge in [0, 0.05) is 11.6 Å². The summed E-state index contributed by atoms with van der Waals surface area (Å²) in [7, 11) is 0. The van der Waals surface area contributed by atoms with Gasteiger partial charge in [0.15, 0.2) is 0 Å². The molecule has 1 aliphatic rings. The van der Waals surface area contributed by atoms with Gasteiger partial charge in [0.05, 0.1) is 16.0 Å². The van der Waals surface area contributed by atoms with E-state index in [2.05, 4.69) is 15.9 Å². The smallest absolute Gasteiger partial charge is 0.273 e. The monoisotopic (exact) mass is 285 g/mol. The Morgan fingerprint density at radius 3 is 2.81 bits per heavy atom. The predicted octanol–water partition coefficient (Wildman–Crippen LogP) is 3.45. The molecule has 0 unspecified atom stereocenters. The van der Waals surface area contributed by atoms with Crippen LogP contribution in [0.25, 0.3) is 0 Å². The predicted molar refractivity (Wildman–Crippen MR) is 63.8 cm³/mol. The van der Waals surface area contributed by atoms with Crippen molar-refractivity contribution in [2.24, 2.45) is 5.92 Å². The van der Waals surface area contributed by atoms with Crippen molar-refractivity contribution in [3.05, 3.63) is 32.3 Å². The highest BCUT2D eigenvalue weighted by Gasteiger charge is 2.23. The second-order valence-corrected chi connectivity index (χ2v) is 4.93. The van der Waals surface area contributed by atoms with Gasteiger partial charge in [0.1, 0.15) is 5.75 Å². The number of aryl methyl sites for hydroxylation is 1. The second kappa shape index (κ2) is 4.41. The zero-order valence-electron chi connectivity index (χ0n) is 8.90. The van der Waals surface area contributed by atoms with Gasteiger partial charge in [-0.3, -0.25) is 10.1 Å². The molecule has 2 rings (SSSR count). The summed E-state index contributed by atoms with van der Waals surface area (Å²) in [5.41, 5.74) is 0.740. The molecule has 5 heteroatoms. The SMILES string of the molecule is Cc1cc(OCC2CC2)c(Br)cc1[N+](=O)[O-]. The average Bonchev–Trinajstić information content (AvgIpc) is 3.02. The molecule has 0 saturated heterocycles. The molecule has 0 spiro atoms. The van der Waals surface area contributed by atoms with Gasteiger partial charge in [-0.1, -0.05) is 0 Å². The Hall–Kier alpha value is -1.10. The van der Waals surface area contributed by atoms with Crippen LogP contribution in [0.1, 0.15) is 18.4 Å². The number of nitro groups is 1. The van der Waals surface area contributed by atoms with Gasteiger partial charge in [-0.2, -0.15) is 0 Å². The number of hydrogen-bond donors (Lipinski definition) is 0. The van der Waals surface area contributed by atoms with Crippen LogP contribution in [0.5, 0.6) is 5.75 Å². The van der Waals surface area contributed by atoms with Gasteiger partial charge < -0.3 is 4.74 Å². The van der Waals surface area contributed by atoms with Crippen LogP contribution in [0.4, 0.5) is 5.69 Å². The third-order valence-electron chi connectivity index (χ3n) is 2.62. The Morgan fingerprint density at radius 2 is 2.25 bits per heavy atom. The van der Waals surface area contributed by atoms with Crippen LogP contribution in [-0.4, -0.2) is 11.5 Å². The molecule has 0 heterocycles. The highest BCUT2D eigenvalue weighted by molar-refractivity contribution is 9.10. The third kappa shape index (κ3) is 2.52. The summed E-state index contributed by atoms with van der Waals surface area (Å²) in [6.45, 7) is 2.42. The van der Waals surface area contributed by atoms with Crippen molar-refractivity contribution in [1.82, 2.24) is 0 Å². The first-order valence-electron chi connectivity index (χ1n) is 5.15. The van der Waals surface area contributed by atoms with Crippen LogP contribution in [0.2, 0.25) is 0 Å². The standard InChI is InChI=1S/C11H12BrNO3/c1-7-4-11(16-6-8-2-3-8)9(12)5-10(7)13(14)15/h4-5,8H,2-3,6H2,1H3. The number of nitrogens with zero attached hydrogens (tertiary/aromatic N) is 1. The van der Waals surface area contributed by atoms with E-state index in [1.807, 2.05) is 0 Å². The highest BCUT2D eigenvalue weighted by atomic mass is 79.9. The first kappa shape index (κ1) is 11.4. The van der Waals surface area contributed by atoms with E-state index in [0.29, 0.717) is 28.3 Å². The fourth-order valence-electron chi connectivity index (χ4n) is 1.44. The van der Waals surface area contributed by atoms with Gasteiger partial charge in [-0.15, -0.1) is 0 Å². The van der Waals surface area contributed by atoms with Crippen LogP contribution in [0.3, 0.4) is 0 Å². The molecule has 0 aliphatic heterocycles.